The number of benzene rings is 1. The minimum atomic E-state index is -0.508. The van der Waals surface area contributed by atoms with Crippen molar-refractivity contribution >= 4 is 5.57 Å². The minimum Gasteiger partial charge on any atom is -0.312 e. The van der Waals surface area contributed by atoms with Crippen LogP contribution in [-0.2, 0) is 5.41 Å². The lowest BCUT2D eigenvalue weighted by atomic mass is 9.66. The fraction of sp³-hybridized carbons (Fsp3) is 0.368. The first kappa shape index (κ1) is 42.9. The summed E-state index contributed by atoms with van der Waals surface area (Å²) in [4.78, 5) is 2.00. The molecule has 2 rings (SSSR count). The summed E-state index contributed by atoms with van der Waals surface area (Å²) >= 11 is 0. The van der Waals surface area contributed by atoms with Gasteiger partial charge in [-0.15, -0.1) is 0 Å². The molecule has 0 amide bonds. The molecule has 1 aromatic carbocycles. The van der Waals surface area contributed by atoms with Crippen LogP contribution < -0.4 is 0 Å². The van der Waals surface area contributed by atoms with Gasteiger partial charge in [0.25, 0.3) is 0 Å². The van der Waals surface area contributed by atoms with Gasteiger partial charge in [0.05, 0.1) is 5.41 Å². The van der Waals surface area contributed by atoms with E-state index >= 15 is 0 Å². The maximum absolute atomic E-state index is 4.09. The highest BCUT2D eigenvalue weighted by Crippen LogP contribution is 2.58. The van der Waals surface area contributed by atoms with Crippen LogP contribution in [0.3, 0.4) is 0 Å². The molecule has 0 fully saturated rings. The summed E-state index contributed by atoms with van der Waals surface area (Å²) in [5, 5.41) is 0. The van der Waals surface area contributed by atoms with E-state index in [1.165, 1.54) is 17.5 Å². The Bertz CT molecular complexity index is 944. The van der Waals surface area contributed by atoms with Gasteiger partial charge in [-0.2, -0.15) is 0 Å². The number of allylic oxidation sites excluding steroid dienone is 13. The van der Waals surface area contributed by atoms with Crippen LogP contribution in [0.15, 0.2) is 129 Å². The molecule has 0 saturated carbocycles. The zero-order valence-corrected chi connectivity index (χ0v) is 27.7. The van der Waals surface area contributed by atoms with Crippen LogP contribution in [0.2, 0.25) is 0 Å². The van der Waals surface area contributed by atoms with Crippen molar-refractivity contribution in [3.63, 3.8) is 0 Å². The molecular formula is C38H61N. The lowest BCUT2D eigenvalue weighted by Gasteiger charge is -2.35. The predicted molar refractivity (Wildman–Crippen MR) is 187 cm³/mol. The molecule has 0 aromatic heterocycles. The Kier molecular flexibility index (Phi) is 30.7. The number of fused-ring (bicyclic) bond motifs is 1. The SMILES string of the molecule is C=C/C=C1\C(=C/C=C)C(/C(C=C)=C/C)(/C(C=C)=C/C=C)c2ccccc21.CC.CC.CC.CCC.CN(C)C. The maximum Gasteiger partial charge on any atom is 0.0709 e. The van der Waals surface area contributed by atoms with Crippen molar-refractivity contribution in [1.29, 1.82) is 0 Å². The Morgan fingerprint density at radius 1 is 0.744 bits per heavy atom. The van der Waals surface area contributed by atoms with Crippen LogP contribution >= 0.6 is 0 Å². The summed E-state index contributed by atoms with van der Waals surface area (Å²) < 4.78 is 0. The third kappa shape index (κ3) is 12.5. The third-order valence-corrected chi connectivity index (χ3v) is 4.80. The first-order chi connectivity index (χ1) is 18.8. The van der Waals surface area contributed by atoms with Crippen LogP contribution in [0.1, 0.15) is 79.9 Å². The van der Waals surface area contributed by atoms with Crippen molar-refractivity contribution in [1.82, 2.24) is 4.90 Å². The van der Waals surface area contributed by atoms with E-state index in [4.69, 9.17) is 0 Å². The van der Waals surface area contributed by atoms with Crippen molar-refractivity contribution in [3.05, 3.63) is 140 Å². The van der Waals surface area contributed by atoms with Gasteiger partial charge in [-0.25, -0.2) is 0 Å². The Morgan fingerprint density at radius 3 is 1.54 bits per heavy atom. The molecule has 39 heavy (non-hydrogen) atoms. The van der Waals surface area contributed by atoms with Gasteiger partial charge in [0.1, 0.15) is 0 Å². The van der Waals surface area contributed by atoms with Gasteiger partial charge < -0.3 is 4.90 Å². The van der Waals surface area contributed by atoms with Crippen molar-refractivity contribution in [2.45, 2.75) is 74.1 Å². The Labute approximate surface area is 245 Å². The van der Waals surface area contributed by atoms with Gasteiger partial charge in [0.2, 0.25) is 0 Å². The molecule has 1 aliphatic rings. The fourth-order valence-electron chi connectivity index (χ4n) is 3.92. The summed E-state index contributed by atoms with van der Waals surface area (Å²) in [6.07, 6.45) is 18.8. The molecule has 0 aliphatic heterocycles. The van der Waals surface area contributed by atoms with Crippen LogP contribution in [0.25, 0.3) is 5.57 Å². The normalized spacial score (nSPS) is 17.1. The number of hydrogen-bond acceptors (Lipinski definition) is 1. The van der Waals surface area contributed by atoms with Gasteiger partial charge >= 0.3 is 0 Å². The first-order valence-electron chi connectivity index (χ1n) is 14.4. The molecule has 1 unspecified atom stereocenters. The molecule has 1 nitrogen and oxygen atoms in total. The van der Waals surface area contributed by atoms with Crippen molar-refractivity contribution in [2.75, 3.05) is 21.1 Å². The molecule has 1 heteroatoms. The van der Waals surface area contributed by atoms with Gasteiger partial charge in [0, 0.05) is 0 Å². The van der Waals surface area contributed by atoms with E-state index < -0.39 is 5.41 Å². The first-order valence-corrected chi connectivity index (χ1v) is 14.4. The van der Waals surface area contributed by atoms with E-state index in [1.54, 1.807) is 6.08 Å². The highest BCUT2D eigenvalue weighted by molar-refractivity contribution is 5.95. The third-order valence-electron chi connectivity index (χ3n) is 4.80. The Hall–Kier alpha value is -3.16. The lowest BCUT2D eigenvalue weighted by molar-refractivity contribution is 0.505. The van der Waals surface area contributed by atoms with Gasteiger partial charge in [-0.1, -0.05) is 174 Å². The molecule has 1 aliphatic carbocycles. The second-order valence-electron chi connectivity index (χ2n) is 7.99. The van der Waals surface area contributed by atoms with E-state index in [-0.39, 0.29) is 0 Å². The number of rotatable bonds is 7. The molecule has 0 spiro atoms. The van der Waals surface area contributed by atoms with Gasteiger partial charge in [-0.05, 0) is 61.5 Å². The van der Waals surface area contributed by atoms with Crippen LogP contribution in [0.5, 0.6) is 0 Å². The quantitative estimate of drug-likeness (QED) is 0.316. The standard InChI is InChI=1S/C26H26.C3H9N.C3H8.3C2H6/c1-7-15-21(12-6)26(20(10-4)11-5)24(17-9-3)22(16-8-2)23-18-13-14-19-25(23)26;1-4(2)3;1-3-2;3*1-2/h7-19H,1-4,6H2,5H3;1-3H3;3H2,1-2H3;3*1-2H3/b20-11+,21-15+,22-16-,24-17+;;;;;. The van der Waals surface area contributed by atoms with Crippen molar-refractivity contribution < 1.29 is 0 Å². The van der Waals surface area contributed by atoms with Crippen LogP contribution in [-0.4, -0.2) is 26.0 Å². The highest BCUT2D eigenvalue weighted by Gasteiger charge is 2.48. The summed E-state index contributed by atoms with van der Waals surface area (Å²) in [5.41, 5.74) is 6.28. The van der Waals surface area contributed by atoms with E-state index in [9.17, 15) is 0 Å². The van der Waals surface area contributed by atoms with E-state index in [0.29, 0.717) is 0 Å². The van der Waals surface area contributed by atoms with Crippen LogP contribution in [0.4, 0.5) is 0 Å². The fourth-order valence-corrected chi connectivity index (χ4v) is 3.92. The monoisotopic (exact) mass is 531 g/mol. The van der Waals surface area contributed by atoms with Crippen LogP contribution in [0, 0.1) is 0 Å². The maximum atomic E-state index is 4.09. The molecule has 0 heterocycles. The Balaban J connectivity index is -0.000000402. The largest absolute Gasteiger partial charge is 0.312 e. The second kappa shape index (κ2) is 27.9. The smallest absolute Gasteiger partial charge is 0.0709 e. The van der Waals surface area contributed by atoms with E-state index in [2.05, 4.69) is 89.2 Å². The van der Waals surface area contributed by atoms with E-state index in [0.717, 1.165) is 22.3 Å². The van der Waals surface area contributed by atoms with Gasteiger partial charge in [0.15, 0.2) is 0 Å². The highest BCUT2D eigenvalue weighted by atomic mass is 15.0. The topological polar surface area (TPSA) is 3.24 Å². The van der Waals surface area contributed by atoms with E-state index in [1.807, 2.05) is 105 Å². The molecule has 0 radical (unpaired) electrons. The average molecular weight is 532 g/mol. The number of hydrogen-bond donors (Lipinski definition) is 0. The van der Waals surface area contributed by atoms with Crippen molar-refractivity contribution in [2.24, 2.45) is 0 Å². The molecule has 0 saturated heterocycles. The van der Waals surface area contributed by atoms with Gasteiger partial charge in [-0.3, -0.25) is 0 Å². The molecule has 1 aromatic rings. The molecule has 0 N–H and O–H groups in total. The predicted octanol–water partition coefficient (Wildman–Crippen LogP) is 11.7. The lowest BCUT2D eigenvalue weighted by Crippen LogP contribution is -2.29. The Morgan fingerprint density at radius 2 is 1.18 bits per heavy atom. The zero-order valence-electron chi connectivity index (χ0n) is 27.7. The second-order valence-corrected chi connectivity index (χ2v) is 7.99. The number of nitrogens with zero attached hydrogens (tertiary/aromatic N) is 1. The average Bonchev–Trinajstić information content (AvgIpc) is 3.22. The summed E-state index contributed by atoms with van der Waals surface area (Å²) in [7, 11) is 6.00. The molecular weight excluding hydrogens is 470 g/mol. The summed E-state index contributed by atoms with van der Waals surface area (Å²) in [5.74, 6) is 0. The van der Waals surface area contributed by atoms with Crippen molar-refractivity contribution in [3.8, 4) is 0 Å². The minimum absolute atomic E-state index is 0.508. The molecule has 0 bridgehead atoms. The summed E-state index contributed by atoms with van der Waals surface area (Å²) in [6.45, 7) is 38.2. The molecule has 218 valence electrons. The summed E-state index contributed by atoms with van der Waals surface area (Å²) in [6, 6.07) is 8.45. The zero-order chi connectivity index (χ0) is 31.4. The molecule has 1 atom stereocenters.